The number of amides is 1. The lowest BCUT2D eigenvalue weighted by Crippen LogP contribution is -2.54. The van der Waals surface area contributed by atoms with Crippen molar-refractivity contribution in [3.05, 3.63) is 0 Å². The van der Waals surface area contributed by atoms with Crippen LogP contribution < -0.4 is 5.32 Å². The zero-order chi connectivity index (χ0) is 26.6. The van der Waals surface area contributed by atoms with E-state index in [1.165, 1.54) is 70.6 Å². The Morgan fingerprint density at radius 2 is 1.76 bits per heavy atom. The molecule has 0 aliphatic heterocycles. The van der Waals surface area contributed by atoms with Crippen LogP contribution in [0.15, 0.2) is 0 Å². The summed E-state index contributed by atoms with van der Waals surface area (Å²) in [5, 5.41) is 11.9. The number of carbonyl (C=O) groups is 1. The molecule has 4 aliphatic rings. The number of rotatable bonds is 11. The molecule has 0 saturated heterocycles. The summed E-state index contributed by atoms with van der Waals surface area (Å²) in [6, 6.07) is 0. The molecule has 8 atom stereocenters. The number of aliphatic hydroxyl groups excluding tert-OH is 1. The van der Waals surface area contributed by atoms with Crippen molar-refractivity contribution < 1.29 is 14.6 Å². The van der Waals surface area contributed by atoms with Crippen molar-refractivity contribution in [2.75, 3.05) is 33.3 Å². The van der Waals surface area contributed by atoms with Crippen LogP contribution in [0.3, 0.4) is 0 Å². The number of aliphatic hydroxyl groups is 1. The highest BCUT2D eigenvalue weighted by Crippen LogP contribution is 2.68. The van der Waals surface area contributed by atoms with Gasteiger partial charge in [-0.25, -0.2) is 4.79 Å². The molecule has 1 amide bonds. The van der Waals surface area contributed by atoms with Crippen LogP contribution >= 0.6 is 0 Å². The number of fused-ring (bicyclic) bond motifs is 5. The second kappa shape index (κ2) is 12.6. The summed E-state index contributed by atoms with van der Waals surface area (Å²) in [4.78, 5) is 14.4. The first-order chi connectivity index (χ1) is 17.7. The number of carbonyl (C=O) groups excluding carboxylic acids is 1. The maximum absolute atomic E-state index is 12.4. The first-order valence-corrected chi connectivity index (χ1v) is 15.9. The predicted octanol–water partition coefficient (Wildman–Crippen LogP) is 6.88. The second-order valence-electron chi connectivity index (χ2n) is 14.4. The van der Waals surface area contributed by atoms with Gasteiger partial charge in [-0.15, -0.1) is 0 Å². The van der Waals surface area contributed by atoms with Gasteiger partial charge in [-0.2, -0.15) is 0 Å². The number of hydrogen-bond acceptors (Lipinski definition) is 4. The fourth-order valence-electron chi connectivity index (χ4n) is 9.68. The molecule has 4 aliphatic carbocycles. The second-order valence-corrected chi connectivity index (χ2v) is 14.4. The highest BCUT2D eigenvalue weighted by molar-refractivity contribution is 5.67. The van der Waals surface area contributed by atoms with E-state index in [4.69, 9.17) is 9.84 Å². The van der Waals surface area contributed by atoms with Crippen molar-refractivity contribution in [2.24, 2.45) is 46.3 Å². The Morgan fingerprint density at radius 3 is 2.51 bits per heavy atom. The van der Waals surface area contributed by atoms with Crippen molar-refractivity contribution in [2.45, 2.75) is 117 Å². The average molecular weight is 519 g/mol. The molecule has 0 aromatic heterocycles. The minimum absolute atomic E-state index is 0.0698. The van der Waals surface area contributed by atoms with E-state index in [9.17, 15) is 4.79 Å². The van der Waals surface area contributed by atoms with Crippen molar-refractivity contribution in [3.63, 3.8) is 0 Å². The molecule has 0 bridgehead atoms. The number of ether oxygens (including phenoxy) is 1. The standard InChI is InChI=1S/C32H58N2O3/c1-23(2)8-6-7-9-24-11-13-28-27-12-10-25-22-26(37-30(36)33-18-19-34(5)20-21-35)14-16-32(25,4)29(27)15-17-31(24,28)3/h23-29,35H,6-22H2,1-5H3,(H,33,36). The molecule has 0 spiro atoms. The van der Waals surface area contributed by atoms with Crippen LogP contribution in [0.25, 0.3) is 0 Å². The van der Waals surface area contributed by atoms with Gasteiger partial charge in [-0.3, -0.25) is 0 Å². The minimum Gasteiger partial charge on any atom is -0.446 e. The highest BCUT2D eigenvalue weighted by atomic mass is 16.6. The molecule has 2 N–H and O–H groups in total. The maximum Gasteiger partial charge on any atom is 0.407 e. The van der Waals surface area contributed by atoms with E-state index in [1.807, 2.05) is 11.9 Å². The molecule has 8 unspecified atom stereocenters. The van der Waals surface area contributed by atoms with E-state index >= 15 is 0 Å². The molecule has 4 saturated carbocycles. The number of nitrogens with one attached hydrogen (secondary N) is 1. The van der Waals surface area contributed by atoms with Crippen LogP contribution in [0.5, 0.6) is 0 Å². The summed E-state index contributed by atoms with van der Waals surface area (Å²) < 4.78 is 5.91. The number of alkyl carbamates (subject to hydrolysis) is 1. The summed E-state index contributed by atoms with van der Waals surface area (Å²) in [5.41, 5.74) is 1.02. The topological polar surface area (TPSA) is 61.8 Å². The molecule has 4 fully saturated rings. The van der Waals surface area contributed by atoms with Gasteiger partial charge in [-0.1, -0.05) is 47.0 Å². The summed E-state index contributed by atoms with van der Waals surface area (Å²) in [7, 11) is 1.95. The molecular weight excluding hydrogens is 460 g/mol. The third-order valence-electron chi connectivity index (χ3n) is 11.9. The van der Waals surface area contributed by atoms with Gasteiger partial charge in [0.2, 0.25) is 0 Å². The average Bonchev–Trinajstić information content (AvgIpc) is 3.18. The largest absolute Gasteiger partial charge is 0.446 e. The Labute approximate surface area is 227 Å². The molecule has 37 heavy (non-hydrogen) atoms. The van der Waals surface area contributed by atoms with Gasteiger partial charge in [0.25, 0.3) is 0 Å². The molecule has 5 nitrogen and oxygen atoms in total. The minimum atomic E-state index is -0.265. The first-order valence-electron chi connectivity index (χ1n) is 15.9. The van der Waals surface area contributed by atoms with Gasteiger partial charge in [0.1, 0.15) is 6.10 Å². The Kier molecular flexibility index (Phi) is 9.92. The predicted molar refractivity (Wildman–Crippen MR) is 151 cm³/mol. The van der Waals surface area contributed by atoms with Crippen LogP contribution in [-0.2, 0) is 4.74 Å². The molecule has 214 valence electrons. The number of nitrogens with zero attached hydrogens (tertiary/aromatic N) is 1. The van der Waals surface area contributed by atoms with Crippen molar-refractivity contribution in [3.8, 4) is 0 Å². The zero-order valence-electron chi connectivity index (χ0n) is 24.8. The molecule has 4 rings (SSSR count). The van der Waals surface area contributed by atoms with Crippen molar-refractivity contribution >= 4 is 6.09 Å². The van der Waals surface area contributed by atoms with Crippen LogP contribution in [0, 0.1) is 46.3 Å². The fourth-order valence-corrected chi connectivity index (χ4v) is 9.68. The lowest BCUT2D eigenvalue weighted by molar-refractivity contribution is -0.127. The Balaban J connectivity index is 1.28. The van der Waals surface area contributed by atoms with Crippen molar-refractivity contribution in [1.82, 2.24) is 10.2 Å². The van der Waals surface area contributed by atoms with E-state index in [-0.39, 0.29) is 18.8 Å². The van der Waals surface area contributed by atoms with Gasteiger partial charge in [0.15, 0.2) is 0 Å². The van der Waals surface area contributed by atoms with E-state index in [0.717, 1.165) is 49.0 Å². The summed E-state index contributed by atoms with van der Waals surface area (Å²) in [6.07, 6.45) is 17.4. The zero-order valence-corrected chi connectivity index (χ0v) is 24.8. The molecule has 0 aromatic rings. The summed E-state index contributed by atoms with van der Waals surface area (Å²) >= 11 is 0. The van der Waals surface area contributed by atoms with Crippen LogP contribution in [0.2, 0.25) is 0 Å². The SMILES string of the molecule is CC(C)CCCCC1CCC2C3CCC4CC(OC(=O)NCCN(C)CCO)CCC4(C)C3CCC12C. The van der Waals surface area contributed by atoms with Gasteiger partial charge in [0, 0.05) is 19.6 Å². The van der Waals surface area contributed by atoms with E-state index in [0.29, 0.717) is 29.8 Å². The Morgan fingerprint density at radius 1 is 1.00 bits per heavy atom. The normalized spacial score (nSPS) is 39.2. The van der Waals surface area contributed by atoms with E-state index in [2.05, 4.69) is 33.0 Å². The van der Waals surface area contributed by atoms with Crippen LogP contribution in [0.1, 0.15) is 111 Å². The van der Waals surface area contributed by atoms with Gasteiger partial charge >= 0.3 is 6.09 Å². The van der Waals surface area contributed by atoms with E-state index in [1.54, 1.807) is 0 Å². The number of likely N-dealkylation sites (N-methyl/N-ethyl adjacent to an activating group) is 1. The number of unbranched alkanes of at least 4 members (excludes halogenated alkanes) is 1. The Hall–Kier alpha value is -0.810. The molecular formula is C32H58N2O3. The Bertz CT molecular complexity index is 744. The molecule has 0 radical (unpaired) electrons. The third-order valence-corrected chi connectivity index (χ3v) is 11.9. The van der Waals surface area contributed by atoms with Gasteiger partial charge in [-0.05, 0) is 118 Å². The van der Waals surface area contributed by atoms with Crippen molar-refractivity contribution in [1.29, 1.82) is 0 Å². The summed E-state index contributed by atoms with van der Waals surface area (Å²) in [6.45, 7) is 12.1. The molecule has 0 heterocycles. The third kappa shape index (κ3) is 6.51. The number of hydrogen-bond donors (Lipinski definition) is 2. The fraction of sp³-hybridized carbons (Fsp3) is 0.969. The van der Waals surface area contributed by atoms with Crippen LogP contribution in [-0.4, -0.2) is 55.5 Å². The molecule has 5 heteroatoms. The monoisotopic (exact) mass is 518 g/mol. The maximum atomic E-state index is 12.4. The van der Waals surface area contributed by atoms with Gasteiger partial charge < -0.3 is 20.1 Å². The molecule has 0 aromatic carbocycles. The first kappa shape index (κ1) is 29.2. The lowest BCUT2D eigenvalue weighted by Gasteiger charge is -2.61. The highest BCUT2D eigenvalue weighted by Gasteiger charge is 2.60. The quantitative estimate of drug-likeness (QED) is 0.293. The van der Waals surface area contributed by atoms with E-state index < -0.39 is 0 Å². The summed E-state index contributed by atoms with van der Waals surface area (Å²) in [5.74, 6) is 5.26. The lowest BCUT2D eigenvalue weighted by atomic mass is 9.44. The van der Waals surface area contributed by atoms with Gasteiger partial charge in [0.05, 0.1) is 6.61 Å². The van der Waals surface area contributed by atoms with Crippen LogP contribution in [0.4, 0.5) is 4.79 Å². The smallest absolute Gasteiger partial charge is 0.407 e.